The van der Waals surface area contributed by atoms with Crippen molar-refractivity contribution in [2.24, 2.45) is 0 Å². The van der Waals surface area contributed by atoms with E-state index in [1.165, 1.54) is 6.20 Å². The molecular weight excluding hydrogens is 130 g/mol. The van der Waals surface area contributed by atoms with Gasteiger partial charge < -0.3 is 5.32 Å². The minimum atomic E-state index is -0.373. The minimum Gasteiger partial charge on any atom is -0.333 e. The lowest BCUT2D eigenvalue weighted by molar-refractivity contribution is -0.125. The average molecular weight is 140 g/mol. The largest absolute Gasteiger partial charge is 0.333 e. The number of hydrogen-bond donors (Lipinski definition) is 1. The first kappa shape index (κ1) is 8.88. The molecule has 0 spiro atoms. The molecule has 0 saturated heterocycles. The fourth-order valence-corrected chi connectivity index (χ4v) is 0.406. The first-order chi connectivity index (χ1) is 4.66. The van der Waals surface area contributed by atoms with E-state index in [2.05, 4.69) is 12.2 Å². The Labute approximate surface area is 60.1 Å². The zero-order valence-corrected chi connectivity index (χ0v) is 5.89. The lowest BCUT2D eigenvalue weighted by atomic mass is 10.3. The van der Waals surface area contributed by atoms with Crippen LogP contribution >= 0.6 is 0 Å². The van der Waals surface area contributed by atoms with Gasteiger partial charge in [0.15, 0.2) is 0 Å². The van der Waals surface area contributed by atoms with Gasteiger partial charge in [0.25, 0.3) is 0 Å². The molecule has 0 aromatic rings. The summed E-state index contributed by atoms with van der Waals surface area (Å²) in [5.74, 6) is -0.694. The summed E-state index contributed by atoms with van der Waals surface area (Å²) >= 11 is 0. The van der Waals surface area contributed by atoms with E-state index in [0.29, 0.717) is 0 Å². The molecule has 0 aliphatic rings. The van der Waals surface area contributed by atoms with Gasteiger partial charge in [-0.1, -0.05) is 6.08 Å². The summed E-state index contributed by atoms with van der Waals surface area (Å²) in [6, 6.07) is 0. The number of Topliss-reactive ketones (excluding diaryl/α,β-unsaturated/α-hetero) is 1. The summed E-state index contributed by atoms with van der Waals surface area (Å²) in [6.45, 7) is 4.83. The minimum absolute atomic E-state index is 0.148. The Morgan fingerprint density at radius 3 is 2.60 bits per heavy atom. The molecule has 1 amide bonds. The number of amides is 1. The van der Waals surface area contributed by atoms with Crippen molar-refractivity contribution in [2.45, 2.75) is 13.3 Å². The zero-order chi connectivity index (χ0) is 7.98. The molecule has 0 aliphatic heterocycles. The van der Waals surface area contributed by atoms with E-state index in [9.17, 15) is 9.59 Å². The topological polar surface area (TPSA) is 46.2 Å². The van der Waals surface area contributed by atoms with Gasteiger partial charge in [-0.25, -0.2) is 0 Å². The molecule has 0 aromatic carbocycles. The number of hydrogen-bond acceptors (Lipinski definition) is 2. The van der Waals surface area contributed by atoms with Crippen molar-refractivity contribution in [1.29, 1.82) is 0 Å². The quantitative estimate of drug-likeness (QED) is 0.578. The predicted molar refractivity (Wildman–Crippen MR) is 37.9 cm³/mol. The van der Waals surface area contributed by atoms with Gasteiger partial charge >= 0.3 is 0 Å². The molecule has 3 heteroatoms. The Bertz CT molecular complexity index is 161. The van der Waals surface area contributed by atoms with Gasteiger partial charge in [0.05, 0.1) is 6.42 Å². The van der Waals surface area contributed by atoms with Gasteiger partial charge in [0, 0.05) is 6.92 Å². The summed E-state index contributed by atoms with van der Waals surface area (Å²) < 4.78 is 0. The molecule has 55 valence electrons. The van der Waals surface area contributed by atoms with Crippen LogP contribution in [0.1, 0.15) is 13.3 Å². The second kappa shape index (κ2) is 4.73. The monoisotopic (exact) mass is 140 g/mol. The summed E-state index contributed by atoms with van der Waals surface area (Å²) in [6.07, 6.45) is 3.00. The Kier molecular flexibility index (Phi) is 4.20. The van der Waals surface area contributed by atoms with E-state index in [-0.39, 0.29) is 18.1 Å². The SMILES string of the molecule is [CH2]C(=O)CC(=O)NC=CC. The summed E-state index contributed by atoms with van der Waals surface area (Å²) in [5, 5.41) is 2.38. The Balaban J connectivity index is 3.54. The molecular formula is C7H10NO2. The van der Waals surface area contributed by atoms with Gasteiger partial charge in [0.1, 0.15) is 5.78 Å². The lowest BCUT2D eigenvalue weighted by Crippen LogP contribution is -2.19. The third-order valence-electron chi connectivity index (χ3n) is 0.769. The standard InChI is InChI=1S/C7H10NO2/c1-3-4-8-7(10)5-6(2)9/h3-4H,2,5H2,1H3,(H,8,10). The molecule has 1 N–H and O–H groups in total. The van der Waals surface area contributed by atoms with Gasteiger partial charge in [-0.2, -0.15) is 0 Å². The van der Waals surface area contributed by atoms with Crippen LogP contribution in [-0.2, 0) is 9.59 Å². The normalized spacial score (nSPS) is 9.80. The highest BCUT2D eigenvalue weighted by Gasteiger charge is 2.00. The van der Waals surface area contributed by atoms with Crippen LogP contribution < -0.4 is 5.32 Å². The van der Waals surface area contributed by atoms with E-state index >= 15 is 0 Å². The van der Waals surface area contributed by atoms with Crippen LogP contribution in [-0.4, -0.2) is 11.7 Å². The van der Waals surface area contributed by atoms with Gasteiger partial charge in [-0.15, -0.1) is 0 Å². The van der Waals surface area contributed by atoms with E-state index in [1.54, 1.807) is 13.0 Å². The Hall–Kier alpha value is -1.12. The van der Waals surface area contributed by atoms with Crippen LogP contribution in [0.3, 0.4) is 0 Å². The molecule has 0 bridgehead atoms. The van der Waals surface area contributed by atoms with Gasteiger partial charge in [-0.3, -0.25) is 9.59 Å². The predicted octanol–water partition coefficient (Wildman–Crippen LogP) is 0.429. The summed E-state index contributed by atoms with van der Waals surface area (Å²) in [7, 11) is 0. The molecule has 0 heterocycles. The summed E-state index contributed by atoms with van der Waals surface area (Å²) in [4.78, 5) is 20.8. The average Bonchev–Trinajstić information content (AvgIpc) is 1.82. The molecule has 0 atom stereocenters. The van der Waals surface area contributed by atoms with Crippen LogP contribution in [0.4, 0.5) is 0 Å². The number of carbonyl (C=O) groups excluding carboxylic acids is 2. The van der Waals surface area contributed by atoms with Crippen molar-refractivity contribution in [1.82, 2.24) is 5.32 Å². The Morgan fingerprint density at radius 2 is 2.20 bits per heavy atom. The van der Waals surface area contributed by atoms with Crippen LogP contribution in [0.5, 0.6) is 0 Å². The highest BCUT2D eigenvalue weighted by molar-refractivity contribution is 6.00. The van der Waals surface area contributed by atoms with E-state index in [4.69, 9.17) is 0 Å². The molecule has 0 rings (SSSR count). The van der Waals surface area contributed by atoms with Crippen molar-refractivity contribution in [3.63, 3.8) is 0 Å². The maximum atomic E-state index is 10.6. The smallest absolute Gasteiger partial charge is 0.231 e. The van der Waals surface area contributed by atoms with Crippen molar-refractivity contribution >= 4 is 11.7 Å². The molecule has 0 fully saturated rings. The van der Waals surface area contributed by atoms with Crippen molar-refractivity contribution in [3.8, 4) is 0 Å². The molecule has 0 unspecified atom stereocenters. The number of ketones is 1. The van der Waals surface area contributed by atoms with Crippen molar-refractivity contribution in [2.75, 3.05) is 0 Å². The van der Waals surface area contributed by atoms with Crippen LogP contribution in [0.15, 0.2) is 12.3 Å². The highest BCUT2D eigenvalue weighted by atomic mass is 16.2. The van der Waals surface area contributed by atoms with Crippen molar-refractivity contribution in [3.05, 3.63) is 19.2 Å². The molecule has 10 heavy (non-hydrogen) atoms. The highest BCUT2D eigenvalue weighted by Crippen LogP contribution is 1.80. The lowest BCUT2D eigenvalue weighted by Gasteiger charge is -1.93. The van der Waals surface area contributed by atoms with Crippen LogP contribution in [0, 0.1) is 6.92 Å². The van der Waals surface area contributed by atoms with Gasteiger partial charge in [0.2, 0.25) is 5.91 Å². The molecule has 0 aromatic heterocycles. The van der Waals surface area contributed by atoms with E-state index < -0.39 is 0 Å². The van der Waals surface area contributed by atoms with Gasteiger partial charge in [-0.05, 0) is 13.1 Å². The molecule has 0 saturated carbocycles. The third-order valence-corrected chi connectivity index (χ3v) is 0.769. The number of nitrogens with one attached hydrogen (secondary N) is 1. The first-order valence-corrected chi connectivity index (χ1v) is 2.92. The second-order valence-corrected chi connectivity index (χ2v) is 1.78. The zero-order valence-electron chi connectivity index (χ0n) is 5.89. The number of carbonyl (C=O) groups is 2. The summed E-state index contributed by atoms with van der Waals surface area (Å²) in [5.41, 5.74) is 0. The Morgan fingerprint density at radius 1 is 1.60 bits per heavy atom. The third kappa shape index (κ3) is 5.03. The van der Waals surface area contributed by atoms with E-state index in [1.807, 2.05) is 0 Å². The fourth-order valence-electron chi connectivity index (χ4n) is 0.406. The maximum Gasteiger partial charge on any atom is 0.231 e. The first-order valence-electron chi connectivity index (χ1n) is 2.92. The molecule has 0 aliphatic carbocycles. The molecule has 1 radical (unpaired) electrons. The number of allylic oxidation sites excluding steroid dienone is 1. The van der Waals surface area contributed by atoms with E-state index in [0.717, 1.165) is 0 Å². The number of rotatable bonds is 3. The second-order valence-electron chi connectivity index (χ2n) is 1.78. The van der Waals surface area contributed by atoms with Crippen LogP contribution in [0.2, 0.25) is 0 Å². The van der Waals surface area contributed by atoms with Crippen molar-refractivity contribution < 1.29 is 9.59 Å². The van der Waals surface area contributed by atoms with Crippen LogP contribution in [0.25, 0.3) is 0 Å². The maximum absolute atomic E-state index is 10.6. The molecule has 3 nitrogen and oxygen atoms in total. The fraction of sp³-hybridized carbons (Fsp3) is 0.286.